The van der Waals surface area contributed by atoms with E-state index in [1.54, 1.807) is 24.7 Å². The van der Waals surface area contributed by atoms with E-state index in [-0.39, 0.29) is 17.6 Å². The van der Waals surface area contributed by atoms with Crippen LogP contribution in [0.4, 0.5) is 17.5 Å². The molecule has 0 aliphatic carbocycles. The summed E-state index contributed by atoms with van der Waals surface area (Å²) in [6.07, 6.45) is 0. The number of nitrogens with one attached hydrogen (secondary N) is 3. The molecule has 0 aliphatic rings. The van der Waals surface area contributed by atoms with Crippen LogP contribution in [0.25, 0.3) is 0 Å². The van der Waals surface area contributed by atoms with Crippen LogP contribution in [-0.2, 0) is 0 Å². The quantitative estimate of drug-likeness (QED) is 0.517. The van der Waals surface area contributed by atoms with Gasteiger partial charge in [0.15, 0.2) is 5.82 Å². The molecule has 0 radical (unpaired) electrons. The molecule has 0 atom stereocenters. The number of para-hydroxylation sites is 2. The summed E-state index contributed by atoms with van der Waals surface area (Å²) in [6.45, 7) is 0. The number of H-pyrrole nitrogens is 1. The van der Waals surface area contributed by atoms with Crippen LogP contribution in [0.15, 0.2) is 24.3 Å². The molecule has 0 aliphatic heterocycles. The van der Waals surface area contributed by atoms with Gasteiger partial charge in [-0.3, -0.25) is 5.21 Å². The molecule has 1 aromatic heterocycles. The maximum atomic E-state index is 9.30. The molecule has 0 saturated carbocycles. The Morgan fingerprint density at radius 1 is 1.35 bits per heavy atom. The van der Waals surface area contributed by atoms with Crippen molar-refractivity contribution in [3.8, 4) is 11.6 Å². The van der Waals surface area contributed by atoms with Crippen LogP contribution in [0.2, 0.25) is 0 Å². The van der Waals surface area contributed by atoms with Crippen LogP contribution >= 0.6 is 0 Å². The van der Waals surface area contributed by atoms with Crippen molar-refractivity contribution < 1.29 is 15.1 Å². The summed E-state index contributed by atoms with van der Waals surface area (Å²) in [5, 5.41) is 20.9. The van der Waals surface area contributed by atoms with Crippen LogP contribution in [-0.4, -0.2) is 27.4 Å². The Hall–Kier alpha value is -2.41. The first-order chi connectivity index (χ1) is 8.24. The molecular formula is C10H12N4O3. The van der Waals surface area contributed by atoms with E-state index >= 15 is 0 Å². The summed E-state index contributed by atoms with van der Waals surface area (Å²) in [6, 6.07) is 7.25. The summed E-state index contributed by atoms with van der Waals surface area (Å²) in [5.74, 6) is 0.609. The number of aromatic nitrogens is 2. The minimum absolute atomic E-state index is 0.0161. The lowest BCUT2D eigenvalue weighted by Crippen LogP contribution is -1.96. The molecule has 0 bridgehead atoms. The molecule has 90 valence electrons. The van der Waals surface area contributed by atoms with Crippen molar-refractivity contribution in [1.82, 2.24) is 9.97 Å². The molecule has 0 fully saturated rings. The Balaban J connectivity index is 2.25. The van der Waals surface area contributed by atoms with Crippen LogP contribution in [0.1, 0.15) is 0 Å². The molecule has 5 N–H and O–H groups in total. The summed E-state index contributed by atoms with van der Waals surface area (Å²) >= 11 is 0. The lowest BCUT2D eigenvalue weighted by Gasteiger charge is -2.07. The number of methoxy groups -OCH3 is 1. The molecule has 17 heavy (non-hydrogen) atoms. The Kier molecular flexibility index (Phi) is 3.01. The maximum absolute atomic E-state index is 9.30. The standard InChI is InChI=1S/C10H12N4O3/c1-17-7-5-3-2-4-6(7)11-10-12-8(14-16)9(15)13-10/h2-5,14-16H,1H3,(H2,11,12,13). The number of ether oxygens (including phenoxy) is 1. The highest BCUT2D eigenvalue weighted by molar-refractivity contribution is 5.64. The van der Waals surface area contributed by atoms with Gasteiger partial charge in [-0.15, -0.1) is 0 Å². The summed E-state index contributed by atoms with van der Waals surface area (Å²) < 4.78 is 5.15. The zero-order valence-corrected chi connectivity index (χ0v) is 9.06. The topological polar surface area (TPSA) is 102 Å². The van der Waals surface area contributed by atoms with Crippen molar-refractivity contribution in [3.63, 3.8) is 0 Å². The van der Waals surface area contributed by atoms with Gasteiger partial charge in [0.2, 0.25) is 5.95 Å². The fraction of sp³-hybridized carbons (Fsp3) is 0.100. The number of aromatic hydroxyl groups is 1. The molecule has 7 heteroatoms. The average molecular weight is 236 g/mol. The fourth-order valence-electron chi connectivity index (χ4n) is 1.38. The monoisotopic (exact) mass is 236 g/mol. The van der Waals surface area contributed by atoms with Gasteiger partial charge in [-0.2, -0.15) is 4.98 Å². The highest BCUT2D eigenvalue weighted by Crippen LogP contribution is 2.28. The third kappa shape index (κ3) is 2.23. The fourth-order valence-corrected chi connectivity index (χ4v) is 1.38. The molecule has 2 aromatic rings. The zero-order chi connectivity index (χ0) is 12.3. The third-order valence-electron chi connectivity index (χ3n) is 2.16. The minimum Gasteiger partial charge on any atom is -0.495 e. The van der Waals surface area contributed by atoms with Gasteiger partial charge in [0.25, 0.3) is 5.88 Å². The number of rotatable bonds is 4. The van der Waals surface area contributed by atoms with E-state index < -0.39 is 0 Å². The highest BCUT2D eigenvalue weighted by atomic mass is 16.5. The SMILES string of the molecule is COc1ccccc1Nc1nc(O)c(NO)[nH]1. The van der Waals surface area contributed by atoms with Crippen LogP contribution in [0, 0.1) is 0 Å². The van der Waals surface area contributed by atoms with Crippen molar-refractivity contribution in [2.45, 2.75) is 0 Å². The number of anilines is 3. The lowest BCUT2D eigenvalue weighted by atomic mass is 10.3. The Morgan fingerprint density at radius 2 is 2.12 bits per heavy atom. The Labute approximate surface area is 97.0 Å². The third-order valence-corrected chi connectivity index (χ3v) is 2.16. The second-order valence-electron chi connectivity index (χ2n) is 3.22. The van der Waals surface area contributed by atoms with Gasteiger partial charge < -0.3 is 20.1 Å². The van der Waals surface area contributed by atoms with E-state index in [0.29, 0.717) is 11.4 Å². The van der Waals surface area contributed by atoms with Crippen molar-refractivity contribution >= 4 is 17.5 Å². The predicted octanol–water partition coefficient (Wildman–Crippen LogP) is 1.67. The van der Waals surface area contributed by atoms with Gasteiger partial charge in [0.1, 0.15) is 5.75 Å². The molecule has 1 aromatic carbocycles. The van der Waals surface area contributed by atoms with Gasteiger partial charge in [0.05, 0.1) is 12.8 Å². The number of benzene rings is 1. The Bertz CT molecular complexity index is 512. The number of aromatic amines is 1. The first kappa shape index (κ1) is 11.1. The molecule has 0 spiro atoms. The Morgan fingerprint density at radius 3 is 2.76 bits per heavy atom. The lowest BCUT2D eigenvalue weighted by molar-refractivity contribution is 0.377. The van der Waals surface area contributed by atoms with E-state index in [0.717, 1.165) is 0 Å². The largest absolute Gasteiger partial charge is 0.495 e. The van der Waals surface area contributed by atoms with Gasteiger partial charge in [-0.05, 0) is 12.1 Å². The van der Waals surface area contributed by atoms with Crippen LogP contribution in [0.5, 0.6) is 11.6 Å². The molecule has 0 unspecified atom stereocenters. The van der Waals surface area contributed by atoms with Crippen molar-refractivity contribution in [2.24, 2.45) is 0 Å². The van der Waals surface area contributed by atoms with Crippen molar-refractivity contribution in [2.75, 3.05) is 17.9 Å². The molecular weight excluding hydrogens is 224 g/mol. The number of hydrogen-bond acceptors (Lipinski definition) is 6. The molecule has 0 amide bonds. The highest BCUT2D eigenvalue weighted by Gasteiger charge is 2.09. The average Bonchev–Trinajstić information content (AvgIpc) is 2.70. The van der Waals surface area contributed by atoms with E-state index in [1.165, 1.54) is 0 Å². The normalized spacial score (nSPS) is 10.0. The number of imidazole rings is 1. The molecule has 2 rings (SSSR count). The summed E-state index contributed by atoms with van der Waals surface area (Å²) in [5.41, 5.74) is 2.48. The smallest absolute Gasteiger partial charge is 0.258 e. The first-order valence-electron chi connectivity index (χ1n) is 4.83. The summed E-state index contributed by atoms with van der Waals surface area (Å²) in [7, 11) is 1.56. The van der Waals surface area contributed by atoms with Gasteiger partial charge in [-0.25, -0.2) is 5.48 Å². The van der Waals surface area contributed by atoms with E-state index in [9.17, 15) is 5.11 Å². The number of hydrogen-bond donors (Lipinski definition) is 5. The minimum atomic E-state index is -0.329. The predicted molar refractivity (Wildman–Crippen MR) is 61.9 cm³/mol. The maximum Gasteiger partial charge on any atom is 0.258 e. The second-order valence-corrected chi connectivity index (χ2v) is 3.22. The second kappa shape index (κ2) is 4.62. The van der Waals surface area contributed by atoms with E-state index in [4.69, 9.17) is 9.94 Å². The van der Waals surface area contributed by atoms with Crippen LogP contribution < -0.4 is 15.5 Å². The number of nitrogens with zero attached hydrogens (tertiary/aromatic N) is 1. The molecule has 1 heterocycles. The van der Waals surface area contributed by atoms with Gasteiger partial charge >= 0.3 is 0 Å². The summed E-state index contributed by atoms with van der Waals surface area (Å²) in [4.78, 5) is 6.41. The van der Waals surface area contributed by atoms with E-state index in [1.807, 2.05) is 12.1 Å². The van der Waals surface area contributed by atoms with Crippen LogP contribution in [0.3, 0.4) is 0 Å². The van der Waals surface area contributed by atoms with Gasteiger partial charge in [-0.1, -0.05) is 12.1 Å². The van der Waals surface area contributed by atoms with Crippen molar-refractivity contribution in [3.05, 3.63) is 24.3 Å². The van der Waals surface area contributed by atoms with Crippen molar-refractivity contribution in [1.29, 1.82) is 0 Å². The molecule has 0 saturated heterocycles. The molecule has 7 nitrogen and oxygen atoms in total. The first-order valence-corrected chi connectivity index (χ1v) is 4.83. The van der Waals surface area contributed by atoms with Gasteiger partial charge in [0, 0.05) is 0 Å². The van der Waals surface area contributed by atoms with E-state index in [2.05, 4.69) is 15.3 Å². The zero-order valence-electron chi connectivity index (χ0n) is 9.06.